The van der Waals surface area contributed by atoms with Crippen molar-refractivity contribution < 1.29 is 9.90 Å². The van der Waals surface area contributed by atoms with E-state index in [9.17, 15) is 9.90 Å². The van der Waals surface area contributed by atoms with Crippen LogP contribution in [0.5, 0.6) is 0 Å². The Morgan fingerprint density at radius 1 is 1.26 bits per heavy atom. The van der Waals surface area contributed by atoms with Gasteiger partial charge in [0.15, 0.2) is 0 Å². The lowest BCUT2D eigenvalue weighted by Crippen LogP contribution is -2.41. The first-order valence-corrected chi connectivity index (χ1v) is 7.75. The molecule has 1 aromatic carbocycles. The number of carbonyl (C=O) groups is 1. The number of rotatable bonds is 4. The minimum absolute atomic E-state index is 0.0171. The van der Waals surface area contributed by atoms with Crippen molar-refractivity contribution >= 4 is 23.5 Å². The Bertz CT molecular complexity index is 683. The smallest absolute Gasteiger partial charge is 0.253 e. The number of benzene rings is 1. The topological polar surface area (TPSA) is 78.4 Å². The van der Waals surface area contributed by atoms with Gasteiger partial charge < -0.3 is 15.3 Å². The summed E-state index contributed by atoms with van der Waals surface area (Å²) in [6.45, 7) is 1.12. The fourth-order valence-corrected chi connectivity index (χ4v) is 2.95. The summed E-state index contributed by atoms with van der Waals surface area (Å²) in [5.41, 5.74) is 0.431. The molecule has 120 valence electrons. The van der Waals surface area contributed by atoms with Crippen molar-refractivity contribution in [1.82, 2.24) is 15.3 Å². The maximum absolute atomic E-state index is 12.4. The molecule has 1 fully saturated rings. The average molecular weight is 333 g/mol. The molecule has 1 amide bonds. The highest BCUT2D eigenvalue weighted by Crippen LogP contribution is 2.22. The lowest BCUT2D eigenvalue weighted by atomic mass is 10.0. The maximum atomic E-state index is 12.4. The molecule has 23 heavy (non-hydrogen) atoms. The molecule has 3 rings (SSSR count). The molecule has 7 heteroatoms. The van der Waals surface area contributed by atoms with Crippen molar-refractivity contribution in [3.05, 3.63) is 53.3 Å². The Morgan fingerprint density at radius 3 is 2.70 bits per heavy atom. The number of halogens is 1. The molecule has 2 heterocycles. The van der Waals surface area contributed by atoms with E-state index in [-0.39, 0.29) is 24.5 Å². The van der Waals surface area contributed by atoms with E-state index < -0.39 is 0 Å². The third-order valence-electron chi connectivity index (χ3n) is 3.95. The van der Waals surface area contributed by atoms with Crippen molar-refractivity contribution in [2.45, 2.75) is 6.04 Å². The van der Waals surface area contributed by atoms with E-state index in [2.05, 4.69) is 15.3 Å². The molecule has 0 bridgehead atoms. The molecule has 1 aromatic heterocycles. The van der Waals surface area contributed by atoms with Crippen LogP contribution in [0.15, 0.2) is 42.7 Å². The van der Waals surface area contributed by atoms with E-state index >= 15 is 0 Å². The van der Waals surface area contributed by atoms with Crippen molar-refractivity contribution in [3.63, 3.8) is 0 Å². The predicted molar refractivity (Wildman–Crippen MR) is 87.5 cm³/mol. The second-order valence-electron chi connectivity index (χ2n) is 5.46. The molecule has 1 aliphatic rings. The van der Waals surface area contributed by atoms with Gasteiger partial charge >= 0.3 is 0 Å². The van der Waals surface area contributed by atoms with Crippen molar-refractivity contribution in [2.24, 2.45) is 5.92 Å². The Hall–Kier alpha value is -2.18. The third kappa shape index (κ3) is 3.43. The fraction of sp³-hybridized carbons (Fsp3) is 0.312. The Kier molecular flexibility index (Phi) is 4.73. The first-order chi connectivity index (χ1) is 11.2. The zero-order valence-electron chi connectivity index (χ0n) is 12.4. The number of aliphatic hydroxyl groups excluding tert-OH is 1. The molecule has 0 saturated carbocycles. The predicted octanol–water partition coefficient (Wildman–Crippen LogP) is 1.36. The molecule has 2 atom stereocenters. The molecular formula is C16H17ClN4O2. The van der Waals surface area contributed by atoms with Gasteiger partial charge in [0.05, 0.1) is 16.6 Å². The fourth-order valence-electron chi connectivity index (χ4n) is 2.73. The quantitative estimate of drug-likeness (QED) is 0.884. The maximum Gasteiger partial charge on any atom is 0.253 e. The molecule has 0 unspecified atom stereocenters. The first-order valence-electron chi connectivity index (χ1n) is 7.37. The highest BCUT2D eigenvalue weighted by Gasteiger charge is 2.34. The normalized spacial score (nSPS) is 20.5. The van der Waals surface area contributed by atoms with E-state index in [1.807, 2.05) is 4.90 Å². The molecule has 0 spiro atoms. The summed E-state index contributed by atoms with van der Waals surface area (Å²) in [6, 6.07) is 8.47. The minimum Gasteiger partial charge on any atom is -0.396 e. The lowest BCUT2D eigenvalue weighted by molar-refractivity contribution is 0.0922. The van der Waals surface area contributed by atoms with Crippen molar-refractivity contribution in [2.75, 3.05) is 24.6 Å². The molecule has 6 nitrogen and oxygen atoms in total. The number of carbonyl (C=O) groups excluding carboxylic acids is 1. The summed E-state index contributed by atoms with van der Waals surface area (Å²) in [5.74, 6) is 0.278. The van der Waals surface area contributed by atoms with Gasteiger partial charge in [-0.2, -0.15) is 0 Å². The number of hydrogen-bond donors (Lipinski definition) is 2. The van der Waals surface area contributed by atoms with Crippen molar-refractivity contribution in [1.29, 1.82) is 0 Å². The standard InChI is InChI=1S/C16H17ClN4O2/c17-13-5-2-1-4-12(13)15(23)20-14-9-21(8-11(14)10-22)16-18-6-3-7-19-16/h1-7,11,14,22H,8-10H2,(H,20,23)/t11-,14+/m0/s1. The van der Waals surface area contributed by atoms with Crippen LogP contribution in [0.1, 0.15) is 10.4 Å². The van der Waals surface area contributed by atoms with Gasteiger partial charge in [0, 0.05) is 38.0 Å². The van der Waals surface area contributed by atoms with Gasteiger partial charge in [0.2, 0.25) is 5.95 Å². The number of hydrogen-bond acceptors (Lipinski definition) is 5. The summed E-state index contributed by atoms with van der Waals surface area (Å²) < 4.78 is 0. The summed E-state index contributed by atoms with van der Waals surface area (Å²) in [6.07, 6.45) is 3.35. The molecule has 2 N–H and O–H groups in total. The lowest BCUT2D eigenvalue weighted by Gasteiger charge is -2.18. The summed E-state index contributed by atoms with van der Waals surface area (Å²) in [4.78, 5) is 22.8. The Morgan fingerprint density at radius 2 is 2.00 bits per heavy atom. The first kappa shape index (κ1) is 15.7. The van der Waals surface area contributed by atoms with Crippen LogP contribution < -0.4 is 10.2 Å². The van der Waals surface area contributed by atoms with Crippen LogP contribution in [-0.4, -0.2) is 46.7 Å². The van der Waals surface area contributed by atoms with Gasteiger partial charge in [-0.1, -0.05) is 23.7 Å². The number of aromatic nitrogens is 2. The van der Waals surface area contributed by atoms with E-state index in [4.69, 9.17) is 11.6 Å². The van der Waals surface area contributed by atoms with Crippen LogP contribution in [0, 0.1) is 5.92 Å². The van der Waals surface area contributed by atoms with Crippen LogP contribution in [0.25, 0.3) is 0 Å². The van der Waals surface area contributed by atoms with Crippen molar-refractivity contribution in [3.8, 4) is 0 Å². The van der Waals surface area contributed by atoms with E-state index in [1.165, 1.54) is 0 Å². The van der Waals surface area contributed by atoms with Crippen LogP contribution in [-0.2, 0) is 0 Å². The van der Waals surface area contributed by atoms with E-state index in [1.54, 1.807) is 42.7 Å². The molecule has 0 aliphatic carbocycles. The van der Waals surface area contributed by atoms with Gasteiger partial charge in [0.25, 0.3) is 5.91 Å². The Balaban J connectivity index is 1.72. The van der Waals surface area contributed by atoms with Gasteiger partial charge in [-0.05, 0) is 18.2 Å². The summed E-state index contributed by atoms with van der Waals surface area (Å²) in [7, 11) is 0. The summed E-state index contributed by atoms with van der Waals surface area (Å²) >= 11 is 6.06. The van der Waals surface area contributed by atoms with Crippen LogP contribution >= 0.6 is 11.6 Å². The molecule has 1 saturated heterocycles. The SMILES string of the molecule is O=C(N[C@@H]1CN(c2ncccn2)C[C@H]1CO)c1ccccc1Cl. The zero-order chi connectivity index (χ0) is 16.2. The third-order valence-corrected chi connectivity index (χ3v) is 4.28. The molecule has 2 aromatic rings. The number of anilines is 1. The highest BCUT2D eigenvalue weighted by atomic mass is 35.5. The second kappa shape index (κ2) is 6.93. The largest absolute Gasteiger partial charge is 0.396 e. The van der Waals surface area contributed by atoms with E-state index in [0.717, 1.165) is 0 Å². The summed E-state index contributed by atoms with van der Waals surface area (Å²) in [5, 5.41) is 13.0. The minimum atomic E-state index is -0.241. The number of amides is 1. The number of aliphatic hydroxyl groups is 1. The number of nitrogens with zero attached hydrogens (tertiary/aromatic N) is 3. The molecular weight excluding hydrogens is 316 g/mol. The number of nitrogens with one attached hydrogen (secondary N) is 1. The van der Waals surface area contributed by atoms with Gasteiger partial charge in [0.1, 0.15) is 0 Å². The average Bonchev–Trinajstić information content (AvgIpc) is 2.99. The Labute approximate surface area is 139 Å². The molecule has 0 radical (unpaired) electrons. The van der Waals surface area contributed by atoms with Gasteiger partial charge in [-0.3, -0.25) is 4.79 Å². The van der Waals surface area contributed by atoms with Gasteiger partial charge in [-0.15, -0.1) is 0 Å². The molecule has 1 aliphatic heterocycles. The zero-order valence-corrected chi connectivity index (χ0v) is 13.1. The monoisotopic (exact) mass is 332 g/mol. The van der Waals surface area contributed by atoms with E-state index in [0.29, 0.717) is 29.6 Å². The van der Waals surface area contributed by atoms with Crippen LogP contribution in [0.2, 0.25) is 5.02 Å². The van der Waals surface area contributed by atoms with Crippen LogP contribution in [0.3, 0.4) is 0 Å². The van der Waals surface area contributed by atoms with Crippen LogP contribution in [0.4, 0.5) is 5.95 Å². The highest BCUT2D eigenvalue weighted by molar-refractivity contribution is 6.33. The second-order valence-corrected chi connectivity index (χ2v) is 5.86. The van der Waals surface area contributed by atoms with Gasteiger partial charge in [-0.25, -0.2) is 9.97 Å².